The van der Waals surface area contributed by atoms with Crippen LogP contribution in [0.2, 0.25) is 0 Å². The van der Waals surface area contributed by atoms with Crippen molar-refractivity contribution in [2.75, 3.05) is 13.2 Å². The number of aryl methyl sites for hydroxylation is 1. The van der Waals surface area contributed by atoms with Gasteiger partial charge >= 0.3 is 5.97 Å². The highest BCUT2D eigenvalue weighted by Crippen LogP contribution is 2.49. The van der Waals surface area contributed by atoms with Crippen LogP contribution in [0.3, 0.4) is 0 Å². The Bertz CT molecular complexity index is 822. The van der Waals surface area contributed by atoms with Crippen molar-refractivity contribution in [3.05, 3.63) is 29.8 Å². The van der Waals surface area contributed by atoms with Gasteiger partial charge < -0.3 is 10.1 Å². The molecule has 1 aromatic carbocycles. The summed E-state index contributed by atoms with van der Waals surface area (Å²) in [4.78, 5) is 23.9. The van der Waals surface area contributed by atoms with Gasteiger partial charge in [0, 0.05) is 6.04 Å². The van der Waals surface area contributed by atoms with E-state index in [-0.39, 0.29) is 16.8 Å². The Morgan fingerprint density at radius 1 is 1.18 bits per heavy atom. The van der Waals surface area contributed by atoms with Crippen LogP contribution in [-0.4, -0.2) is 39.5 Å². The number of benzene rings is 1. The second kappa shape index (κ2) is 8.61. The van der Waals surface area contributed by atoms with Gasteiger partial charge in [-0.15, -0.1) is 0 Å². The van der Waals surface area contributed by atoms with E-state index in [0.717, 1.165) is 17.9 Å². The normalized spacial score (nSPS) is 24.7. The van der Waals surface area contributed by atoms with Crippen molar-refractivity contribution >= 4 is 21.9 Å². The standard InChI is InChI=1S/C20H28N2O5S/c1-13-3-7-17(8-4-13)28(25,26)21-11-20(24)27-12-19(23)22-14(2)18-10-15-5-6-16(18)9-15/h3-4,7-8,14-16,18,21H,5-6,9-12H2,1-2H3,(H,22,23). The molecule has 2 aliphatic rings. The van der Waals surface area contributed by atoms with E-state index in [9.17, 15) is 18.0 Å². The smallest absolute Gasteiger partial charge is 0.321 e. The third-order valence-electron chi connectivity index (χ3n) is 5.93. The first-order chi connectivity index (χ1) is 13.2. The van der Waals surface area contributed by atoms with E-state index in [2.05, 4.69) is 10.0 Å². The van der Waals surface area contributed by atoms with E-state index in [1.165, 1.54) is 31.4 Å². The van der Waals surface area contributed by atoms with Crippen LogP contribution in [0.4, 0.5) is 0 Å². The quantitative estimate of drug-likeness (QED) is 0.638. The molecule has 0 spiro atoms. The maximum Gasteiger partial charge on any atom is 0.321 e. The molecule has 2 aliphatic carbocycles. The predicted molar refractivity (Wildman–Crippen MR) is 104 cm³/mol. The van der Waals surface area contributed by atoms with Gasteiger partial charge in [-0.05, 0) is 63.0 Å². The van der Waals surface area contributed by atoms with E-state index in [4.69, 9.17) is 4.74 Å². The molecule has 0 radical (unpaired) electrons. The number of rotatable bonds is 8. The number of fused-ring (bicyclic) bond motifs is 2. The molecule has 154 valence electrons. The Morgan fingerprint density at radius 2 is 1.89 bits per heavy atom. The zero-order valence-electron chi connectivity index (χ0n) is 16.3. The molecule has 0 saturated heterocycles. The van der Waals surface area contributed by atoms with Gasteiger partial charge in [0.25, 0.3) is 5.91 Å². The van der Waals surface area contributed by atoms with Gasteiger partial charge in [0.05, 0.1) is 4.90 Å². The molecule has 2 N–H and O–H groups in total. The number of ether oxygens (including phenoxy) is 1. The molecular formula is C20H28N2O5S. The minimum Gasteiger partial charge on any atom is -0.455 e. The number of amides is 1. The molecule has 7 nitrogen and oxygen atoms in total. The van der Waals surface area contributed by atoms with Crippen LogP contribution in [-0.2, 0) is 24.3 Å². The molecule has 28 heavy (non-hydrogen) atoms. The largest absolute Gasteiger partial charge is 0.455 e. The van der Waals surface area contributed by atoms with E-state index in [1.54, 1.807) is 12.1 Å². The zero-order valence-corrected chi connectivity index (χ0v) is 17.1. The molecular weight excluding hydrogens is 380 g/mol. The monoisotopic (exact) mass is 408 g/mol. The van der Waals surface area contributed by atoms with Crippen molar-refractivity contribution < 1.29 is 22.7 Å². The summed E-state index contributed by atoms with van der Waals surface area (Å²) in [6, 6.07) is 6.34. The summed E-state index contributed by atoms with van der Waals surface area (Å²) in [6.45, 7) is 2.92. The van der Waals surface area contributed by atoms with Crippen LogP contribution in [0.1, 0.15) is 38.2 Å². The molecule has 0 heterocycles. The maximum atomic E-state index is 12.1. The minimum absolute atomic E-state index is 0.0570. The van der Waals surface area contributed by atoms with E-state index in [1.807, 2.05) is 13.8 Å². The van der Waals surface area contributed by atoms with Crippen molar-refractivity contribution in [2.24, 2.45) is 17.8 Å². The first-order valence-corrected chi connectivity index (χ1v) is 11.2. The summed E-state index contributed by atoms with van der Waals surface area (Å²) in [5.74, 6) is 0.843. The second-order valence-electron chi connectivity index (χ2n) is 7.99. The topological polar surface area (TPSA) is 102 Å². The summed E-state index contributed by atoms with van der Waals surface area (Å²) in [5.41, 5.74) is 0.934. The van der Waals surface area contributed by atoms with Crippen LogP contribution in [0.5, 0.6) is 0 Å². The Morgan fingerprint density at radius 3 is 2.50 bits per heavy atom. The third-order valence-corrected chi connectivity index (χ3v) is 7.34. The average molecular weight is 409 g/mol. The first-order valence-electron chi connectivity index (χ1n) is 9.76. The molecule has 2 fully saturated rings. The number of sulfonamides is 1. The SMILES string of the molecule is Cc1ccc(S(=O)(=O)NCC(=O)OCC(=O)NC(C)C2CC3CCC2C3)cc1. The summed E-state index contributed by atoms with van der Waals surface area (Å²) >= 11 is 0. The van der Waals surface area contributed by atoms with Crippen LogP contribution >= 0.6 is 0 Å². The van der Waals surface area contributed by atoms with Crippen molar-refractivity contribution in [1.29, 1.82) is 0 Å². The lowest BCUT2D eigenvalue weighted by atomic mass is 9.84. The van der Waals surface area contributed by atoms with Crippen LogP contribution in [0.15, 0.2) is 29.2 Å². The van der Waals surface area contributed by atoms with Gasteiger partial charge in [-0.1, -0.05) is 24.1 Å². The van der Waals surface area contributed by atoms with E-state index in [0.29, 0.717) is 11.8 Å². The number of carbonyl (C=O) groups excluding carboxylic acids is 2. The highest BCUT2D eigenvalue weighted by molar-refractivity contribution is 7.89. The first kappa shape index (κ1) is 20.8. The number of hydrogen-bond acceptors (Lipinski definition) is 5. The lowest BCUT2D eigenvalue weighted by Gasteiger charge is -2.28. The molecule has 4 unspecified atom stereocenters. The third kappa shape index (κ3) is 5.11. The fraction of sp³-hybridized carbons (Fsp3) is 0.600. The van der Waals surface area contributed by atoms with Gasteiger partial charge in [-0.2, -0.15) is 4.72 Å². The molecule has 1 aromatic rings. The van der Waals surface area contributed by atoms with Gasteiger partial charge in [0.15, 0.2) is 6.61 Å². The number of carbonyl (C=O) groups is 2. The molecule has 1 amide bonds. The minimum atomic E-state index is -3.80. The zero-order chi connectivity index (χ0) is 20.3. The lowest BCUT2D eigenvalue weighted by molar-refractivity contribution is -0.147. The fourth-order valence-corrected chi connectivity index (χ4v) is 5.43. The summed E-state index contributed by atoms with van der Waals surface area (Å²) in [7, 11) is -3.80. The Hall–Kier alpha value is -1.93. The molecule has 2 saturated carbocycles. The summed E-state index contributed by atoms with van der Waals surface area (Å²) in [6.07, 6.45) is 4.97. The van der Waals surface area contributed by atoms with Gasteiger partial charge in [0.1, 0.15) is 6.54 Å². The van der Waals surface area contributed by atoms with E-state index < -0.39 is 29.1 Å². The highest BCUT2D eigenvalue weighted by Gasteiger charge is 2.42. The Labute approximate surface area is 166 Å². The molecule has 2 bridgehead atoms. The van der Waals surface area contributed by atoms with Crippen molar-refractivity contribution in [3.63, 3.8) is 0 Å². The van der Waals surface area contributed by atoms with Crippen molar-refractivity contribution in [2.45, 2.75) is 50.5 Å². The Balaban J connectivity index is 1.39. The van der Waals surface area contributed by atoms with Crippen LogP contribution < -0.4 is 10.0 Å². The van der Waals surface area contributed by atoms with Gasteiger partial charge in [-0.25, -0.2) is 8.42 Å². The summed E-state index contributed by atoms with van der Waals surface area (Å²) in [5, 5.41) is 2.91. The van der Waals surface area contributed by atoms with Crippen molar-refractivity contribution in [3.8, 4) is 0 Å². The molecule has 0 aliphatic heterocycles. The molecule has 4 atom stereocenters. The summed E-state index contributed by atoms with van der Waals surface area (Å²) < 4.78 is 31.4. The average Bonchev–Trinajstić information content (AvgIpc) is 3.28. The predicted octanol–water partition coefficient (Wildman–Crippen LogP) is 1.76. The van der Waals surface area contributed by atoms with Crippen LogP contribution in [0.25, 0.3) is 0 Å². The Kier molecular flexibility index (Phi) is 6.40. The van der Waals surface area contributed by atoms with Gasteiger partial charge in [-0.3, -0.25) is 9.59 Å². The molecule has 3 rings (SSSR count). The molecule has 8 heteroatoms. The molecule has 0 aromatic heterocycles. The maximum absolute atomic E-state index is 12.1. The van der Waals surface area contributed by atoms with Crippen LogP contribution in [0, 0.1) is 24.7 Å². The lowest BCUT2D eigenvalue weighted by Crippen LogP contribution is -2.42. The second-order valence-corrected chi connectivity index (χ2v) is 9.76. The fourth-order valence-electron chi connectivity index (χ4n) is 4.46. The highest BCUT2D eigenvalue weighted by atomic mass is 32.2. The van der Waals surface area contributed by atoms with Gasteiger partial charge in [0.2, 0.25) is 10.0 Å². The number of hydrogen-bond donors (Lipinski definition) is 2. The van der Waals surface area contributed by atoms with E-state index >= 15 is 0 Å². The number of nitrogens with one attached hydrogen (secondary N) is 2. The van der Waals surface area contributed by atoms with Crippen molar-refractivity contribution in [1.82, 2.24) is 10.0 Å². The number of esters is 1.